The van der Waals surface area contributed by atoms with Gasteiger partial charge in [0.15, 0.2) is 29.9 Å². The molecule has 18 atom stereocenters. The average molecular weight is 1450 g/mol. The maximum Gasteiger partial charge on any atom is 0.330 e. The minimum atomic E-state index is -2.35. The number of nitrogens with two attached hydrogens (primary N) is 2. The number of aliphatic carboxylic acids is 1. The van der Waals surface area contributed by atoms with Crippen LogP contribution in [0.2, 0.25) is 10.0 Å². The fourth-order valence-corrected chi connectivity index (χ4v) is 12.9. The van der Waals surface area contributed by atoms with Crippen molar-refractivity contribution in [3.63, 3.8) is 0 Å². The fraction of sp³-hybridized carbons (Fsp3) is 0.424. The molecule has 542 valence electrons. The molecule has 7 amide bonds. The number of nitrogens with one attached hydrogen (secondary N) is 7. The van der Waals surface area contributed by atoms with Crippen molar-refractivity contribution in [3.05, 3.63) is 117 Å². The van der Waals surface area contributed by atoms with Crippen LogP contribution in [0.25, 0.3) is 11.1 Å². The molecule has 11 bridgehead atoms. The molecule has 1 unspecified atom stereocenters. The molecular weight excluding hydrogens is 1370 g/mol. The van der Waals surface area contributed by atoms with Crippen LogP contribution in [0.4, 0.5) is 0 Å². The van der Waals surface area contributed by atoms with E-state index in [9.17, 15) is 75.0 Å². The molecule has 7 aliphatic heterocycles. The third-order valence-electron chi connectivity index (χ3n) is 17.8. The van der Waals surface area contributed by atoms with Gasteiger partial charge >= 0.3 is 5.97 Å². The number of aliphatic hydroxyl groups is 6. The molecule has 2 fully saturated rings. The zero-order chi connectivity index (χ0) is 73.5. The van der Waals surface area contributed by atoms with E-state index >= 15 is 14.4 Å². The molecule has 0 spiro atoms. The van der Waals surface area contributed by atoms with Crippen molar-refractivity contribution in [2.75, 3.05) is 13.7 Å². The molecule has 2 saturated heterocycles. The van der Waals surface area contributed by atoms with Crippen LogP contribution in [-0.4, -0.2) is 191 Å². The first-order chi connectivity index (χ1) is 47.7. The summed E-state index contributed by atoms with van der Waals surface area (Å²) in [7, 11) is 1.47. The molecule has 0 aliphatic carbocycles. The maximum atomic E-state index is 16.0. The number of aromatic hydroxyl groups is 3. The van der Waals surface area contributed by atoms with Gasteiger partial charge < -0.3 is 128 Å². The molecule has 0 aromatic heterocycles. The number of phenolic OH excluding ortho intramolecular Hbond substituents is 3. The highest BCUT2D eigenvalue weighted by Gasteiger charge is 2.51. The van der Waals surface area contributed by atoms with Crippen LogP contribution in [0.1, 0.15) is 105 Å². The normalized spacial score (nSPS) is 29.4. The number of phenols is 3. The number of halogens is 2. The van der Waals surface area contributed by atoms with Crippen LogP contribution in [-0.2, 0) is 52.6 Å². The second kappa shape index (κ2) is 30.2. The van der Waals surface area contributed by atoms with Gasteiger partial charge in [-0.1, -0.05) is 55.2 Å². The summed E-state index contributed by atoms with van der Waals surface area (Å²) in [5.74, 6) is -16.0. The number of amides is 7. The van der Waals surface area contributed by atoms with Crippen LogP contribution >= 0.6 is 23.2 Å². The van der Waals surface area contributed by atoms with Crippen LogP contribution in [0.5, 0.6) is 46.0 Å². The van der Waals surface area contributed by atoms with E-state index < -0.39 is 237 Å². The lowest BCUT2D eigenvalue weighted by Crippen LogP contribution is -2.64. The van der Waals surface area contributed by atoms with Crippen molar-refractivity contribution in [1.29, 1.82) is 0 Å². The number of rotatable bonds is 13. The van der Waals surface area contributed by atoms with Gasteiger partial charge in [0.2, 0.25) is 53.4 Å². The monoisotopic (exact) mass is 1450 g/mol. The molecule has 33 nitrogen and oxygen atoms in total. The Morgan fingerprint density at radius 2 is 1.32 bits per heavy atom. The summed E-state index contributed by atoms with van der Waals surface area (Å²) >= 11 is 14.1. The predicted octanol–water partition coefficient (Wildman–Crippen LogP) is 0.106. The number of hydrogen-bond donors (Lipinski definition) is 19. The molecule has 35 heteroatoms. The van der Waals surface area contributed by atoms with E-state index in [4.69, 9.17) is 63.1 Å². The summed E-state index contributed by atoms with van der Waals surface area (Å²) in [6, 6.07) is -0.679. The van der Waals surface area contributed by atoms with Crippen molar-refractivity contribution in [3.8, 4) is 57.1 Å². The van der Waals surface area contributed by atoms with Crippen molar-refractivity contribution < 1.29 is 118 Å². The van der Waals surface area contributed by atoms with Crippen molar-refractivity contribution in [2.24, 2.45) is 17.4 Å². The fourth-order valence-electron chi connectivity index (χ4n) is 12.5. The number of likely N-dealkylation sites (N-methyl/N-ethyl adjacent to an activating group) is 1. The Balaban J connectivity index is 1.24. The van der Waals surface area contributed by atoms with Gasteiger partial charge in [0.05, 0.1) is 41.3 Å². The van der Waals surface area contributed by atoms with E-state index in [1.165, 1.54) is 33.0 Å². The number of benzene rings is 5. The van der Waals surface area contributed by atoms with Gasteiger partial charge in [-0.3, -0.25) is 33.6 Å². The number of carbonyl (C=O) groups is 8. The summed E-state index contributed by atoms with van der Waals surface area (Å²) in [5, 5.41) is 131. The molecule has 12 rings (SSSR count). The van der Waals surface area contributed by atoms with E-state index in [0.29, 0.717) is 0 Å². The Bertz CT molecular complexity index is 4070. The Labute approximate surface area is 584 Å². The van der Waals surface area contributed by atoms with Gasteiger partial charge in [-0.15, -0.1) is 0 Å². The highest BCUT2D eigenvalue weighted by atomic mass is 35.5. The largest absolute Gasteiger partial charge is 0.508 e. The Morgan fingerprint density at radius 1 is 0.713 bits per heavy atom. The van der Waals surface area contributed by atoms with E-state index in [1.54, 1.807) is 0 Å². The zero-order valence-electron chi connectivity index (χ0n) is 54.3. The van der Waals surface area contributed by atoms with E-state index in [0.717, 1.165) is 66.7 Å². The second-order valence-corrected chi connectivity index (χ2v) is 26.5. The highest BCUT2D eigenvalue weighted by Crippen LogP contribution is 2.50. The third-order valence-corrected chi connectivity index (χ3v) is 18.4. The first kappa shape index (κ1) is 74.5. The van der Waals surface area contributed by atoms with Crippen LogP contribution in [0.15, 0.2) is 78.9 Å². The van der Waals surface area contributed by atoms with Crippen LogP contribution < -0.4 is 62.9 Å². The minimum absolute atomic E-state index is 0.0975. The first-order valence-electron chi connectivity index (χ1n) is 31.6. The van der Waals surface area contributed by atoms with Gasteiger partial charge in [0, 0.05) is 34.7 Å². The van der Waals surface area contributed by atoms with E-state index in [-0.39, 0.29) is 46.2 Å². The van der Waals surface area contributed by atoms with Gasteiger partial charge in [0.25, 0.3) is 0 Å². The number of aliphatic hydroxyl groups excluding tert-OH is 6. The molecule has 0 saturated carbocycles. The van der Waals surface area contributed by atoms with Crippen LogP contribution in [0.3, 0.4) is 0 Å². The molecule has 5 aromatic rings. The summed E-state index contributed by atoms with van der Waals surface area (Å²) in [6.45, 7) is 5.66. The summed E-state index contributed by atoms with van der Waals surface area (Å²) < 4.78 is 38.3. The third kappa shape index (κ3) is 15.8. The second-order valence-electron chi connectivity index (χ2n) is 25.7. The molecule has 5 aromatic carbocycles. The number of ether oxygens (including phenoxy) is 6. The minimum Gasteiger partial charge on any atom is -0.508 e. The van der Waals surface area contributed by atoms with Gasteiger partial charge in [-0.05, 0) is 110 Å². The first-order valence-corrected chi connectivity index (χ1v) is 32.4. The average Bonchev–Trinajstić information content (AvgIpc) is 0.775. The molecule has 21 N–H and O–H groups in total. The zero-order valence-corrected chi connectivity index (χ0v) is 55.8. The summed E-state index contributed by atoms with van der Waals surface area (Å²) in [4.78, 5) is 117. The molecule has 0 radical (unpaired) electrons. The van der Waals surface area contributed by atoms with Crippen molar-refractivity contribution in [1.82, 2.24) is 37.2 Å². The van der Waals surface area contributed by atoms with Gasteiger partial charge in [-0.2, -0.15) is 0 Å². The van der Waals surface area contributed by atoms with Gasteiger partial charge in [-0.25, -0.2) is 4.79 Å². The van der Waals surface area contributed by atoms with E-state index in [1.807, 2.05) is 13.8 Å². The van der Waals surface area contributed by atoms with Crippen LogP contribution in [0, 0.1) is 5.92 Å². The topological polar surface area (TPSA) is 530 Å². The highest BCUT2D eigenvalue weighted by molar-refractivity contribution is 6.32. The lowest BCUT2D eigenvalue weighted by molar-refractivity contribution is -0.333. The Morgan fingerprint density at radius 3 is 1.90 bits per heavy atom. The number of hydrogen-bond acceptors (Lipinski definition) is 25. The number of fused-ring (bicyclic) bond motifs is 15. The predicted molar refractivity (Wildman–Crippen MR) is 349 cm³/mol. The summed E-state index contributed by atoms with van der Waals surface area (Å²) in [6.07, 6.45) is -18.6. The molecule has 7 heterocycles. The Hall–Kier alpha value is -9.20. The van der Waals surface area contributed by atoms with E-state index in [2.05, 4.69) is 37.2 Å². The SMILES string of the molecule is CN[C@H](CC(C)C)C(=O)N[C@H]1C(=O)N[C@@H](CC(N)=O)C(=O)N[C@H]2C(=O)NC3C(=O)N[C@H](C(=O)N[C@H](C(=O)O)c4cc(O)cc(O)c4-c4cc3ccc4O)[C@H](O)c3ccc(c(Cl)c3)Oc3cc2cc(c3O[C@@H]2O[C@H](CO)[C@@H](O)[C@H](O)[C@H]2O[C@H]2C[C@](C)(N)[C@H](O)[C@H](C)O2)Oc2ccc(cc2Cl)[C@H]1O. The number of carboxylic acid groups (broad SMARTS) is 1. The molecule has 7 aliphatic rings. The summed E-state index contributed by atoms with van der Waals surface area (Å²) in [5.41, 5.74) is 8.00. The standard InChI is InChI=1S/C66H75Cl2N9O24/c1-23(2)12-34(71-5)58(88)76-49-51(83)26-7-10-38(32(67)14-26)97-40-16-28-17-41(55(40)101-65-56(54(86)53(85)42(22-78)99-65)100-44-21-66(4,70)57(87)24(3)96-44)98-39-11-8-27(15-33(39)68)52(84)50-63(93)75-48(64(94)95)31-18-29(79)19-37(81)45(31)30-13-25(6-9-36(30)80)46(60(90)77-50)74-61(91)47(28)73-59(89)35(20-43(69)82)72-62(49)92/h6-11,13-19,23-24,34-35,42,44,46-54,56-57,65,71,78-81,83-87H,12,20-22,70H2,1-5H3,(H2,69,82)(H,72,92)(H,73,89)(H,74,91)(H,75,93)(H,76,88)(H,77,90)(H,94,95)/t24-,34+,35-,42+,44-,46?,47+,48-,49+,50-,51+,52+,53+,54-,56+,57+,65-,66-/m0/s1. The quantitative estimate of drug-likeness (QED) is 0.0743. The number of primary amides is 1. The maximum absolute atomic E-state index is 16.0. The van der Waals surface area contributed by atoms with Crippen molar-refractivity contribution >= 4 is 70.5 Å². The lowest BCUT2D eigenvalue weighted by atomic mass is 9.86. The molecular formula is C66H75Cl2N9O24. The smallest absolute Gasteiger partial charge is 0.330 e. The molecule has 101 heavy (non-hydrogen) atoms. The van der Waals surface area contributed by atoms with Gasteiger partial charge in [0.1, 0.15) is 89.5 Å². The number of carbonyl (C=O) groups excluding carboxylic acids is 7. The lowest BCUT2D eigenvalue weighted by Gasteiger charge is -2.47. The van der Waals surface area contributed by atoms with Crippen molar-refractivity contribution in [2.45, 2.75) is 156 Å². The Kier molecular flexibility index (Phi) is 22.2. The number of carboxylic acids is 1.